The summed E-state index contributed by atoms with van der Waals surface area (Å²) in [5, 5.41) is 6.30. The molecule has 1 aromatic rings. The maximum Gasteiger partial charge on any atom is 0.224 e. The van der Waals surface area contributed by atoms with Gasteiger partial charge in [-0.05, 0) is 57.3 Å². The largest absolute Gasteiger partial charge is 0.326 e. The summed E-state index contributed by atoms with van der Waals surface area (Å²) >= 11 is 0. The predicted octanol–water partition coefficient (Wildman–Crippen LogP) is 2.11. The molecule has 0 aromatic carbocycles. The van der Waals surface area contributed by atoms with Crippen LogP contribution in [0.2, 0.25) is 0 Å². The van der Waals surface area contributed by atoms with Crippen molar-refractivity contribution in [1.29, 1.82) is 0 Å². The second-order valence-electron chi connectivity index (χ2n) is 4.99. The maximum atomic E-state index is 11.8. The van der Waals surface area contributed by atoms with Crippen molar-refractivity contribution in [2.45, 2.75) is 32.6 Å². The van der Waals surface area contributed by atoms with Crippen LogP contribution in [-0.4, -0.2) is 24.0 Å². The van der Waals surface area contributed by atoms with Gasteiger partial charge in [-0.3, -0.25) is 9.78 Å². The predicted molar refractivity (Wildman–Crippen MR) is 72.4 cm³/mol. The molecule has 2 N–H and O–H groups in total. The lowest BCUT2D eigenvalue weighted by Gasteiger charge is -2.22. The van der Waals surface area contributed by atoms with Gasteiger partial charge in [-0.15, -0.1) is 0 Å². The standard InChI is InChI=1S/C14H21N3O/c1-11-9-13(6-8-16-11)17-14(18)5-4-12-3-2-7-15-10-12/h6,8-9,12,15H,2-5,7,10H2,1H3,(H,16,17,18). The Morgan fingerprint density at radius 3 is 3.22 bits per heavy atom. The zero-order chi connectivity index (χ0) is 12.8. The number of aromatic nitrogens is 1. The lowest BCUT2D eigenvalue weighted by molar-refractivity contribution is -0.116. The number of nitrogens with zero attached hydrogens (tertiary/aromatic N) is 1. The summed E-state index contributed by atoms with van der Waals surface area (Å²) in [5.74, 6) is 0.759. The van der Waals surface area contributed by atoms with Crippen molar-refractivity contribution in [3.8, 4) is 0 Å². The first-order valence-electron chi connectivity index (χ1n) is 6.67. The van der Waals surface area contributed by atoms with E-state index in [2.05, 4.69) is 15.6 Å². The lowest BCUT2D eigenvalue weighted by atomic mass is 9.94. The fourth-order valence-corrected chi connectivity index (χ4v) is 2.35. The van der Waals surface area contributed by atoms with E-state index in [1.807, 2.05) is 19.1 Å². The third kappa shape index (κ3) is 4.11. The van der Waals surface area contributed by atoms with Crippen LogP contribution in [-0.2, 0) is 4.79 Å². The number of hydrogen-bond donors (Lipinski definition) is 2. The number of anilines is 1. The summed E-state index contributed by atoms with van der Waals surface area (Å²) in [6.45, 7) is 4.10. The minimum absolute atomic E-state index is 0.103. The van der Waals surface area contributed by atoms with Crippen LogP contribution < -0.4 is 10.6 Å². The highest BCUT2D eigenvalue weighted by atomic mass is 16.1. The molecule has 1 saturated heterocycles. The molecule has 4 nitrogen and oxygen atoms in total. The summed E-state index contributed by atoms with van der Waals surface area (Å²) in [5.41, 5.74) is 1.76. The highest BCUT2D eigenvalue weighted by Crippen LogP contribution is 2.16. The van der Waals surface area contributed by atoms with Crippen LogP contribution in [0.3, 0.4) is 0 Å². The topological polar surface area (TPSA) is 54.0 Å². The number of amides is 1. The number of aryl methyl sites for hydroxylation is 1. The van der Waals surface area contributed by atoms with Gasteiger partial charge in [-0.2, -0.15) is 0 Å². The number of nitrogens with one attached hydrogen (secondary N) is 2. The average molecular weight is 247 g/mol. The Kier molecular flexibility index (Phi) is 4.70. The molecule has 98 valence electrons. The van der Waals surface area contributed by atoms with E-state index in [-0.39, 0.29) is 5.91 Å². The van der Waals surface area contributed by atoms with Gasteiger partial charge in [0.15, 0.2) is 0 Å². The fraction of sp³-hybridized carbons (Fsp3) is 0.571. The zero-order valence-corrected chi connectivity index (χ0v) is 10.9. The molecule has 0 radical (unpaired) electrons. The van der Waals surface area contributed by atoms with Gasteiger partial charge >= 0.3 is 0 Å². The molecule has 1 aliphatic heterocycles. The van der Waals surface area contributed by atoms with E-state index >= 15 is 0 Å². The van der Waals surface area contributed by atoms with Gasteiger partial charge in [0.1, 0.15) is 0 Å². The maximum absolute atomic E-state index is 11.8. The van der Waals surface area contributed by atoms with E-state index in [4.69, 9.17) is 0 Å². The van der Waals surface area contributed by atoms with Gasteiger partial charge in [0.05, 0.1) is 0 Å². The summed E-state index contributed by atoms with van der Waals surface area (Å²) in [6.07, 6.45) is 5.77. The van der Waals surface area contributed by atoms with Crippen LogP contribution in [0.4, 0.5) is 5.69 Å². The molecule has 4 heteroatoms. The molecule has 0 saturated carbocycles. The van der Waals surface area contributed by atoms with Crippen LogP contribution in [0.1, 0.15) is 31.4 Å². The van der Waals surface area contributed by atoms with Crippen molar-refractivity contribution in [3.63, 3.8) is 0 Å². The van der Waals surface area contributed by atoms with E-state index < -0.39 is 0 Å². The van der Waals surface area contributed by atoms with Crippen molar-refractivity contribution in [2.75, 3.05) is 18.4 Å². The van der Waals surface area contributed by atoms with Gasteiger partial charge in [0.2, 0.25) is 5.91 Å². The first-order valence-corrected chi connectivity index (χ1v) is 6.67. The molecular formula is C14H21N3O. The Balaban J connectivity index is 1.74. The quantitative estimate of drug-likeness (QED) is 0.856. The van der Waals surface area contributed by atoms with E-state index in [1.54, 1.807) is 6.20 Å². The van der Waals surface area contributed by atoms with Gasteiger partial charge < -0.3 is 10.6 Å². The molecule has 0 aliphatic carbocycles. The molecular weight excluding hydrogens is 226 g/mol. The molecule has 0 spiro atoms. The summed E-state index contributed by atoms with van der Waals surface area (Å²) in [4.78, 5) is 15.9. The first kappa shape index (κ1) is 13.0. The van der Waals surface area contributed by atoms with E-state index in [1.165, 1.54) is 12.8 Å². The molecule has 1 atom stereocenters. The number of carbonyl (C=O) groups is 1. The van der Waals surface area contributed by atoms with Crippen molar-refractivity contribution >= 4 is 11.6 Å². The van der Waals surface area contributed by atoms with Gasteiger partial charge in [-0.25, -0.2) is 0 Å². The molecule has 0 bridgehead atoms. The van der Waals surface area contributed by atoms with Crippen LogP contribution in [0.15, 0.2) is 18.3 Å². The summed E-state index contributed by atoms with van der Waals surface area (Å²) in [7, 11) is 0. The van der Waals surface area contributed by atoms with Gasteiger partial charge in [0.25, 0.3) is 0 Å². The Morgan fingerprint density at radius 2 is 2.50 bits per heavy atom. The van der Waals surface area contributed by atoms with Crippen LogP contribution in [0.5, 0.6) is 0 Å². The highest BCUT2D eigenvalue weighted by Gasteiger charge is 2.14. The molecule has 1 aliphatic rings. The number of carbonyl (C=O) groups excluding carboxylic acids is 1. The van der Waals surface area contributed by atoms with E-state index in [0.29, 0.717) is 12.3 Å². The van der Waals surface area contributed by atoms with Crippen LogP contribution >= 0.6 is 0 Å². The lowest BCUT2D eigenvalue weighted by Crippen LogP contribution is -2.30. The number of pyridine rings is 1. The van der Waals surface area contributed by atoms with Crippen LogP contribution in [0, 0.1) is 12.8 Å². The minimum Gasteiger partial charge on any atom is -0.326 e. The van der Waals surface area contributed by atoms with Gasteiger partial charge in [-0.1, -0.05) is 0 Å². The molecule has 1 aromatic heterocycles. The summed E-state index contributed by atoms with van der Waals surface area (Å²) < 4.78 is 0. The second kappa shape index (κ2) is 6.50. The molecule has 1 amide bonds. The normalized spacial score (nSPS) is 19.5. The Labute approximate surface area is 108 Å². The second-order valence-corrected chi connectivity index (χ2v) is 4.99. The SMILES string of the molecule is Cc1cc(NC(=O)CCC2CCCNC2)ccn1. The molecule has 2 rings (SSSR count). The molecule has 1 fully saturated rings. The number of piperidine rings is 1. The fourth-order valence-electron chi connectivity index (χ4n) is 2.35. The molecule has 2 heterocycles. The number of hydrogen-bond acceptors (Lipinski definition) is 3. The Bertz CT molecular complexity index is 400. The van der Waals surface area contributed by atoms with Crippen LogP contribution in [0.25, 0.3) is 0 Å². The number of rotatable bonds is 4. The third-order valence-electron chi connectivity index (χ3n) is 3.36. The minimum atomic E-state index is 0.103. The highest BCUT2D eigenvalue weighted by molar-refractivity contribution is 5.90. The zero-order valence-electron chi connectivity index (χ0n) is 10.9. The van der Waals surface area contributed by atoms with Crippen molar-refractivity contribution in [1.82, 2.24) is 10.3 Å². The summed E-state index contributed by atoms with van der Waals surface area (Å²) in [6, 6.07) is 3.72. The van der Waals surface area contributed by atoms with E-state index in [9.17, 15) is 4.79 Å². The van der Waals surface area contributed by atoms with Crippen molar-refractivity contribution in [2.24, 2.45) is 5.92 Å². The van der Waals surface area contributed by atoms with Crippen molar-refractivity contribution in [3.05, 3.63) is 24.0 Å². The Hall–Kier alpha value is -1.42. The smallest absolute Gasteiger partial charge is 0.224 e. The monoisotopic (exact) mass is 247 g/mol. The van der Waals surface area contributed by atoms with Gasteiger partial charge in [0, 0.05) is 24.0 Å². The molecule has 1 unspecified atom stereocenters. The average Bonchev–Trinajstić information content (AvgIpc) is 2.38. The van der Waals surface area contributed by atoms with E-state index in [0.717, 1.165) is 30.9 Å². The van der Waals surface area contributed by atoms with Crippen molar-refractivity contribution < 1.29 is 4.79 Å². The first-order chi connectivity index (χ1) is 8.74. The third-order valence-corrected chi connectivity index (χ3v) is 3.36. The Morgan fingerprint density at radius 1 is 1.61 bits per heavy atom. The molecule has 18 heavy (non-hydrogen) atoms.